The van der Waals surface area contributed by atoms with E-state index >= 15 is 0 Å². The molecule has 30 heavy (non-hydrogen) atoms. The summed E-state index contributed by atoms with van der Waals surface area (Å²) < 4.78 is 13.6. The van der Waals surface area contributed by atoms with Gasteiger partial charge in [0.15, 0.2) is 5.71 Å². The van der Waals surface area contributed by atoms with Gasteiger partial charge in [0.2, 0.25) is 5.91 Å². The lowest BCUT2D eigenvalue weighted by molar-refractivity contribution is -0.160. The van der Waals surface area contributed by atoms with Gasteiger partial charge in [-0.1, -0.05) is 17.3 Å². The first-order valence-corrected chi connectivity index (χ1v) is 10.3. The number of carbonyl (C=O) groups excluding carboxylic acids is 2. The van der Waals surface area contributed by atoms with Gasteiger partial charge in [-0.3, -0.25) is 9.59 Å². The van der Waals surface area contributed by atoms with E-state index in [1.165, 1.54) is 34.9 Å². The summed E-state index contributed by atoms with van der Waals surface area (Å²) in [5.74, 6) is -3.03. The van der Waals surface area contributed by atoms with Crippen LogP contribution in [0.25, 0.3) is 0 Å². The highest BCUT2D eigenvalue weighted by molar-refractivity contribution is 8.01. The third kappa shape index (κ3) is 4.00. The zero-order chi connectivity index (χ0) is 22.4. The molecule has 0 aliphatic carbocycles. The van der Waals surface area contributed by atoms with Gasteiger partial charge in [0.05, 0.1) is 0 Å². The van der Waals surface area contributed by atoms with Gasteiger partial charge in [-0.15, -0.1) is 11.8 Å². The Kier molecular flexibility index (Phi) is 5.57. The molecule has 2 heterocycles. The van der Waals surface area contributed by atoms with E-state index in [1.54, 1.807) is 40.7 Å². The summed E-state index contributed by atoms with van der Waals surface area (Å²) in [5, 5.41) is 15.4. The average Bonchev–Trinajstić information content (AvgIpc) is 2.88. The van der Waals surface area contributed by atoms with E-state index in [1.807, 2.05) is 0 Å². The minimum atomic E-state index is -1.10. The lowest BCUT2D eigenvalue weighted by Crippen LogP contribution is -2.71. The molecule has 3 rings (SSSR count). The Hall–Kier alpha value is -2.62. The number of carboxylic acid groups (broad SMARTS) is 1. The molecule has 2 amide bonds. The molecule has 0 unspecified atom stereocenters. The van der Waals surface area contributed by atoms with Crippen molar-refractivity contribution < 1.29 is 28.7 Å². The minimum Gasteiger partial charge on any atom is -0.480 e. The number of β-lactam (4-membered cyclic amide) rings is 1. The fraction of sp³-hybridized carbons (Fsp3) is 0.500. The summed E-state index contributed by atoms with van der Waals surface area (Å²) in [7, 11) is 0. The summed E-state index contributed by atoms with van der Waals surface area (Å²) in [6, 6.07) is 3.70. The van der Waals surface area contributed by atoms with Crippen molar-refractivity contribution in [3.63, 3.8) is 0 Å². The maximum atomic E-state index is 14.3. The fourth-order valence-corrected chi connectivity index (χ4v) is 5.03. The molecule has 10 heteroatoms. The van der Waals surface area contributed by atoms with Gasteiger partial charge in [0, 0.05) is 10.3 Å². The predicted molar refractivity (Wildman–Crippen MR) is 109 cm³/mol. The molecule has 2 fully saturated rings. The number of aliphatic carboxylic acids is 1. The number of hydrogen-bond acceptors (Lipinski definition) is 6. The Bertz CT molecular complexity index is 927. The number of amides is 2. The number of fused-ring (bicyclic) bond motifs is 1. The van der Waals surface area contributed by atoms with Crippen molar-refractivity contribution in [2.24, 2.45) is 5.16 Å². The quantitative estimate of drug-likeness (QED) is 0.414. The van der Waals surface area contributed by atoms with Crippen LogP contribution in [-0.4, -0.2) is 61.3 Å². The number of halogens is 1. The molecule has 1 aromatic carbocycles. The van der Waals surface area contributed by atoms with Gasteiger partial charge < -0.3 is 20.2 Å². The van der Waals surface area contributed by atoms with Crippen LogP contribution in [-0.2, 0) is 19.2 Å². The zero-order valence-corrected chi connectivity index (χ0v) is 18.1. The van der Waals surface area contributed by atoms with Crippen LogP contribution in [0.2, 0.25) is 0 Å². The third-order valence-corrected chi connectivity index (χ3v) is 6.29. The molecule has 0 spiro atoms. The van der Waals surface area contributed by atoms with Crippen LogP contribution in [0, 0.1) is 5.82 Å². The molecule has 0 saturated carbocycles. The predicted octanol–water partition coefficient (Wildman–Crippen LogP) is 1.98. The second-order valence-electron chi connectivity index (χ2n) is 8.67. The van der Waals surface area contributed by atoms with E-state index in [0.29, 0.717) is 0 Å². The second-order valence-corrected chi connectivity index (χ2v) is 10.4. The van der Waals surface area contributed by atoms with Crippen molar-refractivity contribution in [1.82, 2.24) is 10.2 Å². The largest absolute Gasteiger partial charge is 0.480 e. The monoisotopic (exact) mass is 437 g/mol. The molecule has 2 aliphatic rings. The number of hydrogen-bond donors (Lipinski definition) is 2. The van der Waals surface area contributed by atoms with Gasteiger partial charge in [-0.2, -0.15) is 0 Å². The Morgan fingerprint density at radius 1 is 1.30 bits per heavy atom. The topological polar surface area (TPSA) is 108 Å². The number of nitrogens with zero attached hydrogens (tertiary/aromatic N) is 2. The van der Waals surface area contributed by atoms with E-state index in [4.69, 9.17) is 4.84 Å². The lowest BCUT2D eigenvalue weighted by atomic mass is 9.96. The number of benzene rings is 1. The molecule has 2 aliphatic heterocycles. The van der Waals surface area contributed by atoms with Crippen molar-refractivity contribution >= 4 is 35.3 Å². The highest BCUT2D eigenvalue weighted by atomic mass is 32.2. The highest BCUT2D eigenvalue weighted by Crippen LogP contribution is 2.50. The van der Waals surface area contributed by atoms with Crippen LogP contribution >= 0.6 is 11.8 Å². The van der Waals surface area contributed by atoms with Gasteiger partial charge in [-0.25, -0.2) is 9.18 Å². The van der Waals surface area contributed by atoms with E-state index in [-0.39, 0.29) is 11.3 Å². The Morgan fingerprint density at radius 3 is 2.50 bits per heavy atom. The van der Waals surface area contributed by atoms with E-state index in [0.717, 1.165) is 0 Å². The van der Waals surface area contributed by atoms with Crippen molar-refractivity contribution in [2.45, 2.75) is 62.4 Å². The highest BCUT2D eigenvalue weighted by Gasteiger charge is 2.64. The number of oxime groups is 1. The fourth-order valence-electron chi connectivity index (χ4n) is 3.40. The number of carboxylic acids is 1. The summed E-state index contributed by atoms with van der Waals surface area (Å²) in [5.41, 5.74) is -1.09. The molecule has 0 aromatic heterocycles. The van der Waals surface area contributed by atoms with E-state index in [9.17, 15) is 23.9 Å². The normalized spacial score (nSPS) is 25.4. The Labute approximate surface area is 177 Å². The molecule has 3 atom stereocenters. The van der Waals surface area contributed by atoms with E-state index in [2.05, 4.69) is 10.5 Å². The maximum absolute atomic E-state index is 14.3. The SMILES string of the molecule is CC(C)(C)O/N=C(\C(=O)N[C@H]1C(=O)N2[C@@H]1SC(C)(C)[C@@H]2C(=O)O)c1ccccc1F. The molecule has 0 bridgehead atoms. The number of thioether (sulfide) groups is 1. The summed E-state index contributed by atoms with van der Waals surface area (Å²) >= 11 is 1.30. The van der Waals surface area contributed by atoms with Crippen molar-refractivity contribution in [3.05, 3.63) is 35.6 Å². The lowest BCUT2D eigenvalue weighted by Gasteiger charge is -2.43. The van der Waals surface area contributed by atoms with Gasteiger partial charge >= 0.3 is 5.97 Å². The molecule has 2 N–H and O–H groups in total. The molecule has 1 aromatic rings. The Morgan fingerprint density at radius 2 is 1.93 bits per heavy atom. The molecule has 0 radical (unpaired) electrons. The van der Waals surface area contributed by atoms with Gasteiger partial charge in [-0.05, 0) is 46.8 Å². The third-order valence-electron chi connectivity index (χ3n) is 4.72. The minimum absolute atomic E-state index is 0.0642. The van der Waals surface area contributed by atoms with Crippen molar-refractivity contribution in [3.8, 4) is 0 Å². The molecular weight excluding hydrogens is 413 g/mol. The number of carbonyl (C=O) groups is 3. The summed E-state index contributed by atoms with van der Waals surface area (Å²) in [6.45, 7) is 8.66. The van der Waals surface area contributed by atoms with Crippen LogP contribution in [0.4, 0.5) is 4.39 Å². The second kappa shape index (κ2) is 7.57. The Balaban J connectivity index is 1.85. The number of nitrogens with one attached hydrogen (secondary N) is 1. The maximum Gasteiger partial charge on any atom is 0.327 e. The molecular formula is C20H24FN3O5S. The van der Waals surface area contributed by atoms with Crippen LogP contribution in [0.1, 0.15) is 40.2 Å². The van der Waals surface area contributed by atoms with Gasteiger partial charge in [0.1, 0.15) is 28.9 Å². The average molecular weight is 437 g/mol. The van der Waals surface area contributed by atoms with Crippen LogP contribution in [0.5, 0.6) is 0 Å². The molecule has 2 saturated heterocycles. The van der Waals surface area contributed by atoms with Crippen LogP contribution in [0.3, 0.4) is 0 Å². The van der Waals surface area contributed by atoms with Crippen LogP contribution < -0.4 is 5.32 Å². The molecule has 162 valence electrons. The first kappa shape index (κ1) is 22.1. The molecule has 8 nitrogen and oxygen atoms in total. The smallest absolute Gasteiger partial charge is 0.327 e. The van der Waals surface area contributed by atoms with E-state index < -0.39 is 51.4 Å². The summed E-state index contributed by atoms with van der Waals surface area (Å²) in [4.78, 5) is 43.8. The first-order valence-electron chi connectivity index (χ1n) is 9.38. The van der Waals surface area contributed by atoms with Crippen molar-refractivity contribution in [2.75, 3.05) is 0 Å². The van der Waals surface area contributed by atoms with Crippen molar-refractivity contribution in [1.29, 1.82) is 0 Å². The summed E-state index contributed by atoms with van der Waals surface area (Å²) in [6.07, 6.45) is 0. The zero-order valence-electron chi connectivity index (χ0n) is 17.3. The van der Waals surface area contributed by atoms with Gasteiger partial charge in [0.25, 0.3) is 5.91 Å². The first-order chi connectivity index (χ1) is 13.8. The van der Waals surface area contributed by atoms with Crippen LogP contribution in [0.15, 0.2) is 29.4 Å². The standard InChI is InChI=1S/C20H24FN3O5S/c1-19(2,3)29-23-12(10-8-6-7-9-11(10)21)15(25)22-13-16(26)24-14(18(27)28)20(4,5)30-17(13)24/h6-9,13-14,17H,1-5H3,(H,22,25)(H,27,28)/b23-12-/t13-,14-,17+/m0/s1. The number of rotatable bonds is 5.